The van der Waals surface area contributed by atoms with Crippen LogP contribution in [0.15, 0.2) is 18.2 Å². The zero-order chi connectivity index (χ0) is 13.0. The Bertz CT molecular complexity index is 399. The van der Waals surface area contributed by atoms with E-state index in [1.54, 1.807) is 6.07 Å². The van der Waals surface area contributed by atoms with Gasteiger partial charge in [0.05, 0.1) is 5.02 Å². The van der Waals surface area contributed by atoms with Crippen molar-refractivity contribution in [3.05, 3.63) is 34.6 Å². The van der Waals surface area contributed by atoms with Gasteiger partial charge in [-0.25, -0.2) is 4.39 Å². The predicted octanol–water partition coefficient (Wildman–Crippen LogP) is 4.24. The van der Waals surface area contributed by atoms with Crippen molar-refractivity contribution in [2.45, 2.75) is 43.5 Å². The van der Waals surface area contributed by atoms with Gasteiger partial charge in [0.15, 0.2) is 0 Å². The van der Waals surface area contributed by atoms with Crippen LogP contribution in [0, 0.1) is 5.82 Å². The Hall–Kier alpha value is -0.250. The third kappa shape index (κ3) is 3.40. The summed E-state index contributed by atoms with van der Waals surface area (Å²) in [5.74, 6) is -0.332. The van der Waals surface area contributed by atoms with Gasteiger partial charge in [-0.1, -0.05) is 36.6 Å². The van der Waals surface area contributed by atoms with Gasteiger partial charge in [-0.2, -0.15) is 11.8 Å². The molecule has 0 amide bonds. The molecular weight excluding hydrogens is 269 g/mol. The molecule has 0 bridgehead atoms. The lowest BCUT2D eigenvalue weighted by molar-refractivity contribution is 0.383. The van der Waals surface area contributed by atoms with Gasteiger partial charge in [0, 0.05) is 17.8 Å². The van der Waals surface area contributed by atoms with E-state index < -0.39 is 0 Å². The number of benzene rings is 1. The average Bonchev–Trinajstić information content (AvgIpc) is 2.41. The number of hydrogen-bond donors (Lipinski definition) is 1. The van der Waals surface area contributed by atoms with Crippen molar-refractivity contribution in [2.24, 2.45) is 0 Å². The molecule has 1 saturated carbocycles. The maximum atomic E-state index is 13.3. The Morgan fingerprint density at radius 3 is 2.94 bits per heavy atom. The van der Waals surface area contributed by atoms with Crippen LogP contribution in [0.3, 0.4) is 0 Å². The zero-order valence-corrected chi connectivity index (χ0v) is 12.2. The van der Waals surface area contributed by atoms with Crippen molar-refractivity contribution in [1.29, 1.82) is 0 Å². The first kappa shape index (κ1) is 14.2. The summed E-state index contributed by atoms with van der Waals surface area (Å²) in [7, 11) is 0. The molecule has 1 aliphatic rings. The summed E-state index contributed by atoms with van der Waals surface area (Å²) in [6.07, 6.45) is 7.25. The molecule has 0 aliphatic heterocycles. The third-order valence-electron chi connectivity index (χ3n) is 3.59. The molecule has 1 aliphatic carbocycles. The van der Waals surface area contributed by atoms with Crippen LogP contribution < -0.4 is 5.32 Å². The van der Waals surface area contributed by atoms with Gasteiger partial charge < -0.3 is 5.32 Å². The minimum Gasteiger partial charge on any atom is -0.309 e. The standard InChI is InChI=1S/C14H19ClFNS/c1-18-13-8-3-2-7-12(13)17-9-10-5-4-6-11(16)14(10)15/h4-6,12-13,17H,2-3,7-9H2,1H3. The zero-order valence-electron chi connectivity index (χ0n) is 10.6. The SMILES string of the molecule is CSC1CCCCC1NCc1cccc(F)c1Cl. The van der Waals surface area contributed by atoms with Crippen LogP contribution in [0.1, 0.15) is 31.2 Å². The first-order valence-electron chi connectivity index (χ1n) is 6.41. The van der Waals surface area contributed by atoms with Crippen LogP contribution in [0.25, 0.3) is 0 Å². The lowest BCUT2D eigenvalue weighted by atomic mass is 9.94. The summed E-state index contributed by atoms with van der Waals surface area (Å²) in [4.78, 5) is 0. The van der Waals surface area contributed by atoms with Crippen molar-refractivity contribution in [3.63, 3.8) is 0 Å². The Morgan fingerprint density at radius 2 is 2.17 bits per heavy atom. The number of halogens is 2. The highest BCUT2D eigenvalue weighted by atomic mass is 35.5. The van der Waals surface area contributed by atoms with Crippen molar-refractivity contribution in [2.75, 3.05) is 6.26 Å². The summed E-state index contributed by atoms with van der Waals surface area (Å²) in [6.45, 7) is 0.651. The van der Waals surface area contributed by atoms with Crippen molar-refractivity contribution < 1.29 is 4.39 Å². The molecule has 100 valence electrons. The lowest BCUT2D eigenvalue weighted by Crippen LogP contribution is -2.40. The highest BCUT2D eigenvalue weighted by molar-refractivity contribution is 7.99. The van der Waals surface area contributed by atoms with Crippen LogP contribution in [0.5, 0.6) is 0 Å². The third-order valence-corrected chi connectivity index (χ3v) is 5.18. The van der Waals surface area contributed by atoms with Crippen LogP contribution >= 0.6 is 23.4 Å². The monoisotopic (exact) mass is 287 g/mol. The van der Waals surface area contributed by atoms with Crippen molar-refractivity contribution in [1.82, 2.24) is 5.32 Å². The molecule has 0 spiro atoms. The topological polar surface area (TPSA) is 12.0 Å². The highest BCUT2D eigenvalue weighted by Crippen LogP contribution is 2.28. The first-order valence-corrected chi connectivity index (χ1v) is 8.08. The van der Waals surface area contributed by atoms with E-state index in [1.807, 2.05) is 17.8 Å². The molecule has 1 nitrogen and oxygen atoms in total. The van der Waals surface area contributed by atoms with Gasteiger partial charge in [-0.15, -0.1) is 0 Å². The Labute approximate surface area is 117 Å². The quantitative estimate of drug-likeness (QED) is 0.889. The largest absolute Gasteiger partial charge is 0.309 e. The van der Waals surface area contributed by atoms with E-state index in [0.717, 1.165) is 5.56 Å². The van der Waals surface area contributed by atoms with Crippen LogP contribution in [-0.2, 0) is 6.54 Å². The molecule has 1 fully saturated rings. The number of hydrogen-bond acceptors (Lipinski definition) is 2. The Morgan fingerprint density at radius 1 is 1.39 bits per heavy atom. The predicted molar refractivity (Wildman–Crippen MR) is 77.8 cm³/mol. The highest BCUT2D eigenvalue weighted by Gasteiger charge is 2.23. The molecular formula is C14H19ClFNS. The molecule has 0 radical (unpaired) electrons. The van der Waals surface area contributed by atoms with E-state index >= 15 is 0 Å². The molecule has 1 aromatic rings. The molecule has 2 unspecified atom stereocenters. The van der Waals surface area contributed by atoms with Gasteiger partial charge in [-0.05, 0) is 30.7 Å². The second-order valence-corrected chi connectivity index (χ2v) is 6.21. The minimum absolute atomic E-state index is 0.251. The summed E-state index contributed by atoms with van der Waals surface area (Å²) < 4.78 is 13.3. The molecule has 2 atom stereocenters. The maximum Gasteiger partial charge on any atom is 0.142 e. The molecule has 2 rings (SSSR count). The van der Waals surface area contributed by atoms with E-state index in [4.69, 9.17) is 11.6 Å². The van der Waals surface area contributed by atoms with Gasteiger partial charge in [0.25, 0.3) is 0 Å². The minimum atomic E-state index is -0.332. The number of nitrogens with one attached hydrogen (secondary N) is 1. The first-order chi connectivity index (χ1) is 8.72. The molecule has 18 heavy (non-hydrogen) atoms. The molecule has 0 saturated heterocycles. The Balaban J connectivity index is 1.96. The second kappa shape index (κ2) is 6.78. The number of thioether (sulfide) groups is 1. The Kier molecular flexibility index (Phi) is 5.34. The van der Waals surface area contributed by atoms with E-state index in [9.17, 15) is 4.39 Å². The fraction of sp³-hybridized carbons (Fsp3) is 0.571. The molecule has 4 heteroatoms. The smallest absolute Gasteiger partial charge is 0.142 e. The van der Waals surface area contributed by atoms with E-state index in [2.05, 4.69) is 11.6 Å². The maximum absolute atomic E-state index is 13.3. The van der Waals surface area contributed by atoms with Crippen molar-refractivity contribution in [3.8, 4) is 0 Å². The van der Waals surface area contributed by atoms with Crippen LogP contribution in [0.4, 0.5) is 4.39 Å². The molecule has 0 heterocycles. The fourth-order valence-electron chi connectivity index (χ4n) is 2.54. The van der Waals surface area contributed by atoms with E-state index in [0.29, 0.717) is 17.8 Å². The van der Waals surface area contributed by atoms with Crippen LogP contribution in [-0.4, -0.2) is 17.5 Å². The van der Waals surface area contributed by atoms with E-state index in [1.165, 1.54) is 31.7 Å². The molecule has 0 aromatic heterocycles. The van der Waals surface area contributed by atoms with Gasteiger partial charge in [-0.3, -0.25) is 0 Å². The van der Waals surface area contributed by atoms with Crippen molar-refractivity contribution >= 4 is 23.4 Å². The van der Waals surface area contributed by atoms with Crippen LogP contribution in [0.2, 0.25) is 5.02 Å². The summed E-state index contributed by atoms with van der Waals surface area (Å²) in [6, 6.07) is 5.52. The average molecular weight is 288 g/mol. The fourth-order valence-corrected chi connectivity index (χ4v) is 3.69. The summed E-state index contributed by atoms with van der Waals surface area (Å²) in [5.41, 5.74) is 0.849. The lowest BCUT2D eigenvalue weighted by Gasteiger charge is -2.31. The summed E-state index contributed by atoms with van der Waals surface area (Å²) >= 11 is 7.89. The molecule has 1 aromatic carbocycles. The molecule has 1 N–H and O–H groups in total. The van der Waals surface area contributed by atoms with E-state index in [-0.39, 0.29) is 10.8 Å². The normalized spacial score (nSPS) is 24.2. The second-order valence-electron chi connectivity index (χ2n) is 4.76. The van der Waals surface area contributed by atoms with Gasteiger partial charge >= 0.3 is 0 Å². The number of rotatable bonds is 4. The van der Waals surface area contributed by atoms with Gasteiger partial charge in [0.1, 0.15) is 5.82 Å². The summed E-state index contributed by atoms with van der Waals surface area (Å²) in [5, 5.41) is 4.46. The van der Waals surface area contributed by atoms with Gasteiger partial charge in [0.2, 0.25) is 0 Å².